The van der Waals surface area contributed by atoms with Gasteiger partial charge in [0.2, 0.25) is 0 Å². The van der Waals surface area contributed by atoms with Crippen molar-refractivity contribution in [3.63, 3.8) is 0 Å². The van der Waals surface area contributed by atoms with Crippen LogP contribution in [0.3, 0.4) is 0 Å². The molecule has 0 aromatic rings. The highest BCUT2D eigenvalue weighted by Gasteiger charge is 2.25. The van der Waals surface area contributed by atoms with Crippen molar-refractivity contribution in [1.82, 2.24) is 0 Å². The molecule has 218 valence electrons. The van der Waals surface area contributed by atoms with E-state index in [0.717, 1.165) is 24.0 Å². The Balaban J connectivity index is 5.75. The number of methoxy groups -OCH3 is 4. The van der Waals surface area contributed by atoms with Crippen molar-refractivity contribution in [2.45, 2.75) is 67.2 Å². The summed E-state index contributed by atoms with van der Waals surface area (Å²) >= 11 is 0. The van der Waals surface area contributed by atoms with Gasteiger partial charge < -0.3 is 18.9 Å². The van der Waals surface area contributed by atoms with E-state index in [1.165, 1.54) is 28.4 Å². The Morgan fingerprint density at radius 2 is 0.921 bits per heavy atom. The molecule has 0 bridgehead atoms. The topological polar surface area (TPSA) is 105 Å². The second kappa shape index (κ2) is 17.6. The first kappa shape index (κ1) is 36.1. The van der Waals surface area contributed by atoms with Gasteiger partial charge >= 0.3 is 23.9 Å². The quantitative estimate of drug-likeness (QED) is 0.0783. The standard InChI is InChI=1S/C28H46O8S2/c1-27(2,3)15-19(11-21(25(31)35-9)13-23(29)33-7)17-37-38-18-20(16-28(4,5)6)12-22(26(32)36-10)14-24(30)34-8/h11-12,21-22H,13-18H2,1-10H3. The van der Waals surface area contributed by atoms with Crippen molar-refractivity contribution in [3.8, 4) is 0 Å². The summed E-state index contributed by atoms with van der Waals surface area (Å²) in [4.78, 5) is 48.4. The van der Waals surface area contributed by atoms with Crippen LogP contribution in [0.25, 0.3) is 0 Å². The van der Waals surface area contributed by atoms with E-state index in [0.29, 0.717) is 11.5 Å². The zero-order chi connectivity index (χ0) is 29.5. The van der Waals surface area contributed by atoms with Crippen LogP contribution in [-0.4, -0.2) is 63.8 Å². The van der Waals surface area contributed by atoms with Gasteiger partial charge in [0.25, 0.3) is 0 Å². The van der Waals surface area contributed by atoms with Crippen LogP contribution in [0.2, 0.25) is 0 Å². The first-order valence-corrected chi connectivity index (χ1v) is 15.0. The molecule has 2 unspecified atom stereocenters. The molecule has 0 heterocycles. The summed E-state index contributed by atoms with van der Waals surface area (Å²) < 4.78 is 19.3. The maximum absolute atomic E-state index is 12.3. The Kier molecular flexibility index (Phi) is 16.7. The van der Waals surface area contributed by atoms with Crippen molar-refractivity contribution in [2.24, 2.45) is 22.7 Å². The van der Waals surface area contributed by atoms with Gasteiger partial charge in [-0.25, -0.2) is 0 Å². The van der Waals surface area contributed by atoms with Crippen LogP contribution in [-0.2, 0) is 38.1 Å². The molecule has 0 N–H and O–H groups in total. The molecular weight excluding hydrogens is 528 g/mol. The third-order valence-corrected chi connectivity index (χ3v) is 7.55. The summed E-state index contributed by atoms with van der Waals surface area (Å²) in [5.41, 5.74) is 2.02. The summed E-state index contributed by atoms with van der Waals surface area (Å²) in [6, 6.07) is 0. The molecular formula is C28H46O8S2. The van der Waals surface area contributed by atoms with Gasteiger partial charge in [0.05, 0.1) is 53.1 Å². The van der Waals surface area contributed by atoms with E-state index in [-0.39, 0.29) is 23.7 Å². The van der Waals surface area contributed by atoms with Crippen molar-refractivity contribution < 1.29 is 38.1 Å². The average molecular weight is 575 g/mol. The number of rotatable bonds is 15. The van der Waals surface area contributed by atoms with Crippen LogP contribution in [0.4, 0.5) is 0 Å². The maximum Gasteiger partial charge on any atom is 0.313 e. The zero-order valence-corrected chi connectivity index (χ0v) is 26.3. The van der Waals surface area contributed by atoms with Gasteiger partial charge in [-0.1, -0.05) is 86.4 Å². The number of carbonyl (C=O) groups is 4. The highest BCUT2D eigenvalue weighted by Crippen LogP contribution is 2.35. The lowest BCUT2D eigenvalue weighted by Gasteiger charge is -2.23. The van der Waals surface area contributed by atoms with Gasteiger partial charge in [-0.15, -0.1) is 0 Å². The Labute approximate surface area is 236 Å². The minimum absolute atomic E-state index is 0.0259. The Bertz CT molecular complexity index is 780. The predicted molar refractivity (Wildman–Crippen MR) is 154 cm³/mol. The number of hydrogen-bond acceptors (Lipinski definition) is 10. The lowest BCUT2D eigenvalue weighted by molar-refractivity contribution is -0.150. The number of ether oxygens (including phenoxy) is 4. The van der Waals surface area contributed by atoms with Gasteiger partial charge in [-0.3, -0.25) is 19.2 Å². The average Bonchev–Trinajstić information content (AvgIpc) is 2.82. The van der Waals surface area contributed by atoms with E-state index in [1.54, 1.807) is 21.6 Å². The highest BCUT2D eigenvalue weighted by atomic mass is 33.1. The minimum Gasteiger partial charge on any atom is -0.469 e. The van der Waals surface area contributed by atoms with Gasteiger partial charge in [0.15, 0.2) is 0 Å². The lowest BCUT2D eigenvalue weighted by Crippen LogP contribution is -2.20. The van der Waals surface area contributed by atoms with Gasteiger partial charge in [-0.05, 0) is 23.7 Å². The fourth-order valence-corrected chi connectivity index (χ4v) is 6.01. The van der Waals surface area contributed by atoms with Crippen LogP contribution < -0.4 is 0 Å². The molecule has 0 spiro atoms. The largest absolute Gasteiger partial charge is 0.469 e. The normalized spacial score (nSPS) is 14.4. The minimum atomic E-state index is -0.717. The van der Waals surface area contributed by atoms with Gasteiger partial charge in [0, 0.05) is 11.5 Å². The van der Waals surface area contributed by atoms with Crippen molar-refractivity contribution in [1.29, 1.82) is 0 Å². The van der Waals surface area contributed by atoms with Crippen LogP contribution in [0.5, 0.6) is 0 Å². The molecule has 2 atom stereocenters. The monoisotopic (exact) mass is 574 g/mol. The third-order valence-electron chi connectivity index (χ3n) is 5.20. The molecule has 0 aromatic carbocycles. The predicted octanol–water partition coefficient (Wildman–Crippen LogP) is 5.80. The third kappa shape index (κ3) is 16.8. The summed E-state index contributed by atoms with van der Waals surface area (Å²) in [5.74, 6) is -2.06. The molecule has 0 amide bonds. The van der Waals surface area contributed by atoms with E-state index >= 15 is 0 Å². The van der Waals surface area contributed by atoms with Crippen molar-refractivity contribution in [3.05, 3.63) is 23.3 Å². The van der Waals surface area contributed by atoms with E-state index in [1.807, 2.05) is 12.2 Å². The van der Waals surface area contributed by atoms with E-state index < -0.39 is 35.7 Å². The Morgan fingerprint density at radius 1 is 0.605 bits per heavy atom. The first-order chi connectivity index (χ1) is 17.5. The van der Waals surface area contributed by atoms with Crippen molar-refractivity contribution in [2.75, 3.05) is 39.9 Å². The molecule has 0 aliphatic rings. The molecule has 0 fully saturated rings. The Hall–Kier alpha value is -1.94. The SMILES string of the molecule is COC(=O)CC(C=C(CSSCC(=CC(CC(=O)OC)C(=O)OC)CC(C)(C)C)CC(C)(C)C)C(=O)OC. The van der Waals surface area contributed by atoms with E-state index in [4.69, 9.17) is 18.9 Å². The smallest absolute Gasteiger partial charge is 0.313 e. The fraction of sp³-hybridized carbons (Fsp3) is 0.714. The summed E-state index contributed by atoms with van der Waals surface area (Å²) in [7, 11) is 8.46. The number of hydrogen-bond donors (Lipinski definition) is 0. The van der Waals surface area contributed by atoms with Crippen LogP contribution in [0, 0.1) is 22.7 Å². The molecule has 0 aliphatic heterocycles. The fourth-order valence-electron chi connectivity index (χ4n) is 3.73. The lowest BCUT2D eigenvalue weighted by atomic mass is 9.87. The molecule has 0 saturated heterocycles. The zero-order valence-electron chi connectivity index (χ0n) is 24.6. The van der Waals surface area contributed by atoms with Crippen LogP contribution in [0.1, 0.15) is 67.2 Å². The molecule has 38 heavy (non-hydrogen) atoms. The van der Waals surface area contributed by atoms with Gasteiger partial charge in [0.1, 0.15) is 0 Å². The summed E-state index contributed by atoms with van der Waals surface area (Å²) in [6.07, 6.45) is 4.98. The van der Waals surface area contributed by atoms with Crippen LogP contribution >= 0.6 is 21.6 Å². The maximum atomic E-state index is 12.3. The molecule has 0 saturated carbocycles. The highest BCUT2D eigenvalue weighted by molar-refractivity contribution is 8.76. The summed E-state index contributed by atoms with van der Waals surface area (Å²) in [5, 5.41) is 0. The molecule has 0 rings (SSSR count). The molecule has 0 aromatic heterocycles. The van der Waals surface area contributed by atoms with E-state index in [2.05, 4.69) is 41.5 Å². The first-order valence-electron chi connectivity index (χ1n) is 12.5. The molecule has 10 heteroatoms. The number of carbonyl (C=O) groups excluding carboxylic acids is 4. The van der Waals surface area contributed by atoms with Gasteiger partial charge in [-0.2, -0.15) is 0 Å². The second-order valence-corrected chi connectivity index (χ2v) is 13.9. The number of esters is 4. The molecule has 0 radical (unpaired) electrons. The van der Waals surface area contributed by atoms with Crippen molar-refractivity contribution >= 4 is 45.5 Å². The Morgan fingerprint density at radius 3 is 1.16 bits per heavy atom. The molecule has 8 nitrogen and oxygen atoms in total. The van der Waals surface area contributed by atoms with Crippen LogP contribution in [0.15, 0.2) is 23.3 Å². The second-order valence-electron chi connectivity index (χ2n) is 11.5. The molecule has 0 aliphatic carbocycles. The van der Waals surface area contributed by atoms with E-state index in [9.17, 15) is 19.2 Å². The summed E-state index contributed by atoms with van der Waals surface area (Å²) in [6.45, 7) is 12.7.